The second-order valence-corrected chi connectivity index (χ2v) is 7.99. The Morgan fingerprint density at radius 3 is 2.17 bits per heavy atom. The first-order valence-corrected chi connectivity index (χ1v) is 11.0. The molecule has 0 fully saturated rings. The number of carboxylic acid groups (broad SMARTS) is 1. The number of nitrogens with two attached hydrogens (primary N) is 1. The summed E-state index contributed by atoms with van der Waals surface area (Å²) in [4.78, 5) is 37.9. The normalized spacial score (nSPS) is 11.6. The number of aliphatic carboxylic acids is 1. The fourth-order valence-electron chi connectivity index (χ4n) is 3.78. The number of guanidine groups is 1. The maximum atomic E-state index is 14.0. The molecule has 0 unspecified atom stereocenters. The number of rotatable bonds is 10. The predicted octanol–water partition coefficient (Wildman–Crippen LogP) is 2.21. The molecule has 1 atom stereocenters. The minimum atomic E-state index is -1.29. The summed E-state index contributed by atoms with van der Waals surface area (Å²) in [6.45, 7) is 0.232. The number of aromatic nitrogens is 1. The second kappa shape index (κ2) is 11.7. The molecule has 0 saturated heterocycles. The number of carbonyl (C=O) groups excluding carboxylic acids is 1. The minimum Gasteiger partial charge on any atom is -0.480 e. The van der Waals surface area contributed by atoms with Crippen LogP contribution in [0.25, 0.3) is 0 Å². The molecule has 0 aliphatic carbocycles. The average molecular weight is 498 g/mol. The van der Waals surface area contributed by atoms with Crippen LogP contribution in [0.15, 0.2) is 71.7 Å². The summed E-state index contributed by atoms with van der Waals surface area (Å²) in [5, 5.41) is 21.5. The first-order valence-electron chi connectivity index (χ1n) is 11.0. The number of amides is 1. The molecule has 1 amide bonds. The van der Waals surface area contributed by atoms with Gasteiger partial charge in [-0.05, 0) is 60.4 Å². The molecule has 36 heavy (non-hydrogen) atoms. The molecule has 3 rings (SSSR count). The fraction of sp³-hybridized carbons (Fsp3) is 0.200. The molecule has 0 radical (unpaired) electrons. The Hall–Kier alpha value is -4.54. The highest BCUT2D eigenvalue weighted by molar-refractivity contribution is 5.96. The number of nitrogens with one attached hydrogen (secondary N) is 3. The molecule has 0 saturated carbocycles. The number of halogens is 2. The highest BCUT2D eigenvalue weighted by Gasteiger charge is 2.25. The average Bonchev–Trinajstić information content (AvgIpc) is 2.82. The van der Waals surface area contributed by atoms with Crippen molar-refractivity contribution in [3.63, 3.8) is 0 Å². The van der Waals surface area contributed by atoms with Crippen LogP contribution in [0.1, 0.15) is 40.4 Å². The Balaban J connectivity index is 1.95. The van der Waals surface area contributed by atoms with Crippen molar-refractivity contribution < 1.29 is 23.5 Å². The van der Waals surface area contributed by atoms with Gasteiger partial charge in [-0.2, -0.15) is 0 Å². The first kappa shape index (κ1) is 26.1. The molecule has 9 nitrogen and oxygen atoms in total. The van der Waals surface area contributed by atoms with Gasteiger partial charge in [-0.3, -0.25) is 15.0 Å². The molecular weight excluding hydrogens is 472 g/mol. The number of nitrogens with zero attached hydrogens (tertiary/aromatic N) is 1. The summed E-state index contributed by atoms with van der Waals surface area (Å²) in [6, 6.07) is 11.4. The van der Waals surface area contributed by atoms with Crippen LogP contribution in [0.5, 0.6) is 0 Å². The van der Waals surface area contributed by atoms with Crippen molar-refractivity contribution in [2.45, 2.75) is 24.9 Å². The monoisotopic (exact) mass is 497 g/mol. The van der Waals surface area contributed by atoms with Gasteiger partial charge in [0.25, 0.3) is 11.5 Å². The van der Waals surface area contributed by atoms with Crippen LogP contribution in [-0.4, -0.2) is 40.1 Å². The number of carboxylic acids is 1. The SMILES string of the molecule is N=C(N)NCCC[C@@H](NC(=O)c1cccn(C(c2cccc(F)c2)c2cccc(F)c2)c1=O)C(=O)O. The molecule has 1 aromatic heterocycles. The molecule has 0 aliphatic rings. The van der Waals surface area contributed by atoms with Crippen LogP contribution in [-0.2, 0) is 4.79 Å². The summed E-state index contributed by atoms with van der Waals surface area (Å²) in [5.41, 5.74) is 4.79. The van der Waals surface area contributed by atoms with Gasteiger partial charge in [0.15, 0.2) is 5.96 Å². The molecule has 188 valence electrons. The van der Waals surface area contributed by atoms with Crippen molar-refractivity contribution in [3.8, 4) is 0 Å². The molecule has 11 heteroatoms. The van der Waals surface area contributed by atoms with E-state index >= 15 is 0 Å². The number of carbonyl (C=O) groups is 2. The van der Waals surface area contributed by atoms with Gasteiger partial charge in [0.1, 0.15) is 23.2 Å². The van der Waals surface area contributed by atoms with E-state index in [-0.39, 0.29) is 30.9 Å². The topological polar surface area (TPSA) is 150 Å². The molecular formula is C25H25F2N5O4. The van der Waals surface area contributed by atoms with Gasteiger partial charge < -0.3 is 26.0 Å². The lowest BCUT2D eigenvalue weighted by Crippen LogP contribution is -2.44. The second-order valence-electron chi connectivity index (χ2n) is 7.99. The van der Waals surface area contributed by atoms with E-state index in [4.69, 9.17) is 11.1 Å². The molecule has 3 aromatic rings. The molecule has 2 aromatic carbocycles. The number of benzene rings is 2. The van der Waals surface area contributed by atoms with E-state index in [0.29, 0.717) is 11.1 Å². The van der Waals surface area contributed by atoms with Crippen molar-refractivity contribution in [1.82, 2.24) is 15.2 Å². The van der Waals surface area contributed by atoms with E-state index in [0.717, 1.165) is 0 Å². The van der Waals surface area contributed by atoms with Gasteiger partial charge in [-0.25, -0.2) is 13.6 Å². The van der Waals surface area contributed by atoms with Gasteiger partial charge in [-0.15, -0.1) is 0 Å². The van der Waals surface area contributed by atoms with E-state index in [2.05, 4.69) is 10.6 Å². The van der Waals surface area contributed by atoms with E-state index < -0.39 is 41.2 Å². The smallest absolute Gasteiger partial charge is 0.326 e. The Labute approximate surface area is 205 Å². The van der Waals surface area contributed by atoms with Crippen LogP contribution >= 0.6 is 0 Å². The molecule has 1 heterocycles. The Kier molecular flexibility index (Phi) is 8.50. The quantitative estimate of drug-likeness (QED) is 0.165. The molecule has 0 spiro atoms. The predicted molar refractivity (Wildman–Crippen MR) is 129 cm³/mol. The minimum absolute atomic E-state index is 0.0254. The van der Waals surface area contributed by atoms with Gasteiger partial charge in [0.2, 0.25) is 0 Å². The Bertz CT molecular complexity index is 1280. The maximum Gasteiger partial charge on any atom is 0.326 e. The van der Waals surface area contributed by atoms with Crippen molar-refractivity contribution in [1.29, 1.82) is 5.41 Å². The third-order valence-corrected chi connectivity index (χ3v) is 5.41. The van der Waals surface area contributed by atoms with Crippen LogP contribution in [0.4, 0.5) is 8.78 Å². The summed E-state index contributed by atoms with van der Waals surface area (Å²) >= 11 is 0. The van der Waals surface area contributed by atoms with Crippen molar-refractivity contribution in [2.75, 3.05) is 6.54 Å². The largest absolute Gasteiger partial charge is 0.480 e. The van der Waals surface area contributed by atoms with Crippen LogP contribution in [0.2, 0.25) is 0 Å². The summed E-state index contributed by atoms with van der Waals surface area (Å²) in [5.74, 6) is -3.57. The standard InChI is InChI=1S/C25H25F2N5O4/c26-17-7-1-5-15(13-17)21(16-6-2-8-18(27)14-16)32-12-4-9-19(23(32)34)22(33)31-20(24(35)36)10-3-11-30-25(28)29/h1-2,4-9,12-14,20-21H,3,10-11H2,(H,31,33)(H,35,36)(H4,28,29,30)/t20-/m1/s1. The highest BCUT2D eigenvalue weighted by atomic mass is 19.1. The zero-order valence-electron chi connectivity index (χ0n) is 19.1. The summed E-state index contributed by atoms with van der Waals surface area (Å²) in [7, 11) is 0. The first-order chi connectivity index (χ1) is 17.2. The third kappa shape index (κ3) is 6.53. The Morgan fingerprint density at radius 2 is 1.64 bits per heavy atom. The molecule has 0 aliphatic heterocycles. The van der Waals surface area contributed by atoms with Crippen LogP contribution in [0, 0.1) is 17.0 Å². The van der Waals surface area contributed by atoms with Crippen molar-refractivity contribution >= 4 is 17.8 Å². The van der Waals surface area contributed by atoms with E-state index in [1.807, 2.05) is 0 Å². The van der Waals surface area contributed by atoms with E-state index in [1.54, 1.807) is 12.1 Å². The Morgan fingerprint density at radius 1 is 1.03 bits per heavy atom. The van der Waals surface area contributed by atoms with Crippen LogP contribution < -0.4 is 21.9 Å². The van der Waals surface area contributed by atoms with Crippen molar-refractivity contribution in [2.24, 2.45) is 5.73 Å². The highest BCUT2D eigenvalue weighted by Crippen LogP contribution is 2.26. The van der Waals surface area contributed by atoms with Crippen LogP contribution in [0.3, 0.4) is 0 Å². The molecule has 0 bridgehead atoms. The van der Waals surface area contributed by atoms with Crippen molar-refractivity contribution in [3.05, 3.63) is 106 Å². The maximum absolute atomic E-state index is 14.0. The zero-order valence-corrected chi connectivity index (χ0v) is 19.1. The summed E-state index contributed by atoms with van der Waals surface area (Å²) in [6.07, 6.45) is 1.70. The van der Waals surface area contributed by atoms with Gasteiger partial charge in [-0.1, -0.05) is 24.3 Å². The third-order valence-electron chi connectivity index (χ3n) is 5.41. The van der Waals surface area contributed by atoms with E-state index in [1.165, 1.54) is 59.3 Å². The van der Waals surface area contributed by atoms with Gasteiger partial charge >= 0.3 is 5.97 Å². The number of hydrogen-bond acceptors (Lipinski definition) is 4. The summed E-state index contributed by atoms with van der Waals surface area (Å²) < 4.78 is 29.2. The number of pyridine rings is 1. The van der Waals surface area contributed by atoms with Gasteiger partial charge in [0, 0.05) is 12.7 Å². The molecule has 6 N–H and O–H groups in total. The zero-order chi connectivity index (χ0) is 26.2. The fourth-order valence-corrected chi connectivity index (χ4v) is 3.78. The lowest BCUT2D eigenvalue weighted by Gasteiger charge is -2.22. The van der Waals surface area contributed by atoms with Gasteiger partial charge in [0.05, 0.1) is 6.04 Å². The van der Waals surface area contributed by atoms with E-state index in [9.17, 15) is 28.3 Å². The number of hydrogen-bond donors (Lipinski definition) is 5. The lowest BCUT2D eigenvalue weighted by atomic mass is 9.97. The lowest BCUT2D eigenvalue weighted by molar-refractivity contribution is -0.139.